The van der Waals surface area contributed by atoms with Gasteiger partial charge < -0.3 is 0 Å². The maximum absolute atomic E-state index is 2.31. The summed E-state index contributed by atoms with van der Waals surface area (Å²) in [4.78, 5) is 1.47. The highest BCUT2D eigenvalue weighted by molar-refractivity contribution is 8.00. The minimum atomic E-state index is 0. The van der Waals surface area contributed by atoms with Gasteiger partial charge in [-0.15, -0.1) is 11.8 Å². The second-order valence-electron chi connectivity index (χ2n) is 8.95. The maximum atomic E-state index is 2.31. The molecular weight excluding hydrogens is 427 g/mol. The fraction of sp³-hybridized carbons (Fsp3) is 0.760. The SMILES string of the molecule is CCCCCCCC1CCC(C2CCC(Sc3ccccc3)CC2)CC1.F.F.F.F.F. The quantitative estimate of drug-likeness (QED) is 0.255. The van der Waals surface area contributed by atoms with Crippen LogP contribution in [0.5, 0.6) is 0 Å². The monoisotopic (exact) mass is 472 g/mol. The lowest BCUT2D eigenvalue weighted by molar-refractivity contribution is 0.164. The predicted octanol–water partition coefficient (Wildman–Crippen LogP) is 9.27. The Morgan fingerprint density at radius 1 is 0.645 bits per heavy atom. The van der Waals surface area contributed by atoms with E-state index in [2.05, 4.69) is 49.0 Å². The summed E-state index contributed by atoms with van der Waals surface area (Å²) in [6, 6.07) is 11.0. The van der Waals surface area contributed by atoms with E-state index in [4.69, 9.17) is 0 Å². The van der Waals surface area contributed by atoms with E-state index in [0.717, 1.165) is 23.0 Å². The first-order valence-electron chi connectivity index (χ1n) is 11.6. The molecule has 0 unspecified atom stereocenters. The fourth-order valence-electron chi connectivity index (χ4n) is 5.35. The predicted molar refractivity (Wildman–Crippen MR) is 129 cm³/mol. The van der Waals surface area contributed by atoms with Crippen molar-refractivity contribution in [2.45, 2.75) is 107 Å². The van der Waals surface area contributed by atoms with Crippen molar-refractivity contribution in [3.05, 3.63) is 30.3 Å². The Hall–Kier alpha value is -0.780. The van der Waals surface area contributed by atoms with E-state index < -0.39 is 0 Å². The molecule has 2 fully saturated rings. The average molecular weight is 473 g/mol. The van der Waals surface area contributed by atoms with Crippen molar-refractivity contribution < 1.29 is 23.5 Å². The Morgan fingerprint density at radius 3 is 1.71 bits per heavy atom. The maximum Gasteiger partial charge on any atom is 0.00946 e. The van der Waals surface area contributed by atoms with Crippen LogP contribution in [0.15, 0.2) is 35.2 Å². The first-order valence-corrected chi connectivity index (χ1v) is 12.4. The Morgan fingerprint density at radius 2 is 1.16 bits per heavy atom. The van der Waals surface area contributed by atoms with Crippen LogP contribution in [0.25, 0.3) is 0 Å². The zero-order chi connectivity index (χ0) is 18.0. The first kappa shape index (κ1) is 34.8. The molecule has 1 aromatic rings. The number of rotatable bonds is 9. The summed E-state index contributed by atoms with van der Waals surface area (Å²) in [5, 5.41) is 0.869. The van der Waals surface area contributed by atoms with Crippen LogP contribution in [-0.2, 0) is 0 Å². The molecule has 0 saturated heterocycles. The van der Waals surface area contributed by atoms with E-state index in [9.17, 15) is 0 Å². The third kappa shape index (κ3) is 12.1. The van der Waals surface area contributed by atoms with E-state index in [-0.39, 0.29) is 23.5 Å². The zero-order valence-electron chi connectivity index (χ0n) is 19.0. The summed E-state index contributed by atoms with van der Waals surface area (Å²) in [7, 11) is 0. The number of halogens is 5. The van der Waals surface area contributed by atoms with E-state index in [1.807, 2.05) is 0 Å². The summed E-state index contributed by atoms with van der Waals surface area (Å²) in [6.07, 6.45) is 20.8. The third-order valence-electron chi connectivity index (χ3n) is 7.04. The standard InChI is InChI=1S/C25H40S.5FH/c1-2-3-4-5-7-10-21-13-15-22(16-14-21)23-17-19-25(20-18-23)26-24-11-8-6-9-12-24;;;;;/h6,8-9,11-12,21-23,25H,2-5,7,10,13-20H2,1H3;5*1H. The van der Waals surface area contributed by atoms with Crippen LogP contribution in [-0.4, -0.2) is 5.25 Å². The minimum absolute atomic E-state index is 0. The second kappa shape index (κ2) is 19.9. The third-order valence-corrected chi connectivity index (χ3v) is 8.39. The topological polar surface area (TPSA) is 0 Å². The molecule has 3 rings (SSSR count). The van der Waals surface area contributed by atoms with Gasteiger partial charge in [0.15, 0.2) is 0 Å². The largest absolute Gasteiger partial charge is 0.269 e. The van der Waals surface area contributed by atoms with E-state index >= 15 is 0 Å². The molecule has 186 valence electrons. The minimum Gasteiger partial charge on any atom is -0.269 e. The van der Waals surface area contributed by atoms with Crippen molar-refractivity contribution in [1.82, 2.24) is 0 Å². The number of thioether (sulfide) groups is 1. The van der Waals surface area contributed by atoms with Gasteiger partial charge in [0.1, 0.15) is 0 Å². The van der Waals surface area contributed by atoms with Gasteiger partial charge >= 0.3 is 0 Å². The smallest absolute Gasteiger partial charge is 0.00946 e. The van der Waals surface area contributed by atoms with Gasteiger partial charge in [0, 0.05) is 10.1 Å². The molecule has 6 heteroatoms. The van der Waals surface area contributed by atoms with Crippen molar-refractivity contribution in [3.8, 4) is 0 Å². The molecule has 2 aliphatic carbocycles. The van der Waals surface area contributed by atoms with Crippen molar-refractivity contribution in [1.29, 1.82) is 0 Å². The molecule has 0 radical (unpaired) electrons. The lowest BCUT2D eigenvalue weighted by Crippen LogP contribution is -2.26. The first-order chi connectivity index (χ1) is 12.8. The van der Waals surface area contributed by atoms with Gasteiger partial charge in [-0.1, -0.05) is 76.5 Å². The fourth-order valence-corrected chi connectivity index (χ4v) is 6.56. The molecule has 0 heterocycles. The summed E-state index contributed by atoms with van der Waals surface area (Å²) in [5.41, 5.74) is 0. The molecule has 0 N–H and O–H groups in total. The van der Waals surface area contributed by atoms with Crippen molar-refractivity contribution in [2.24, 2.45) is 17.8 Å². The lowest BCUT2D eigenvalue weighted by Gasteiger charge is -2.37. The molecule has 0 spiro atoms. The summed E-state index contributed by atoms with van der Waals surface area (Å²) in [5.74, 6) is 3.18. The molecule has 31 heavy (non-hydrogen) atoms. The number of hydrogen-bond acceptors (Lipinski definition) is 1. The molecule has 0 bridgehead atoms. The second-order valence-corrected chi connectivity index (χ2v) is 10.3. The summed E-state index contributed by atoms with van der Waals surface area (Å²) in [6.45, 7) is 2.31. The van der Waals surface area contributed by atoms with E-state index in [0.29, 0.717) is 0 Å². The number of hydrogen-bond donors (Lipinski definition) is 0. The van der Waals surface area contributed by atoms with E-state index in [1.165, 1.54) is 81.9 Å². The molecule has 2 aliphatic rings. The van der Waals surface area contributed by atoms with Crippen LogP contribution < -0.4 is 0 Å². The molecule has 2 saturated carbocycles. The van der Waals surface area contributed by atoms with Crippen molar-refractivity contribution >= 4 is 11.8 Å². The van der Waals surface area contributed by atoms with Gasteiger partial charge in [0.25, 0.3) is 0 Å². The van der Waals surface area contributed by atoms with Crippen LogP contribution >= 0.6 is 11.8 Å². The molecular formula is C25H45F5S. The molecule has 0 aliphatic heterocycles. The van der Waals surface area contributed by atoms with Crippen molar-refractivity contribution in [3.63, 3.8) is 0 Å². The van der Waals surface area contributed by atoms with Crippen LogP contribution in [0.3, 0.4) is 0 Å². The van der Waals surface area contributed by atoms with Gasteiger partial charge in [-0.05, 0) is 68.4 Å². The van der Waals surface area contributed by atoms with Gasteiger partial charge in [-0.3, -0.25) is 23.5 Å². The Bertz CT molecular complexity index is 486. The molecule has 0 amide bonds. The Kier molecular flexibility index (Phi) is 22.3. The number of benzene rings is 1. The average Bonchev–Trinajstić information content (AvgIpc) is 2.70. The number of unbranched alkanes of at least 4 members (excludes halogenated alkanes) is 4. The van der Waals surface area contributed by atoms with Crippen LogP contribution in [0.1, 0.15) is 96.8 Å². The van der Waals surface area contributed by atoms with Crippen LogP contribution in [0, 0.1) is 17.8 Å². The van der Waals surface area contributed by atoms with Crippen LogP contribution in [0.4, 0.5) is 23.5 Å². The molecule has 0 aromatic heterocycles. The molecule has 1 aromatic carbocycles. The molecule has 0 nitrogen and oxygen atoms in total. The Labute approximate surface area is 190 Å². The zero-order valence-corrected chi connectivity index (χ0v) is 19.9. The normalized spacial score (nSPS) is 24.8. The van der Waals surface area contributed by atoms with Gasteiger partial charge in [0.05, 0.1) is 0 Å². The Balaban J connectivity index is -0.00000157. The van der Waals surface area contributed by atoms with E-state index in [1.54, 1.807) is 12.8 Å². The van der Waals surface area contributed by atoms with Gasteiger partial charge in [-0.25, -0.2) is 0 Å². The highest BCUT2D eigenvalue weighted by atomic mass is 32.2. The molecule has 0 atom stereocenters. The highest BCUT2D eigenvalue weighted by Crippen LogP contribution is 2.44. The summed E-state index contributed by atoms with van der Waals surface area (Å²) >= 11 is 2.13. The highest BCUT2D eigenvalue weighted by Gasteiger charge is 2.30. The van der Waals surface area contributed by atoms with Crippen molar-refractivity contribution in [2.75, 3.05) is 0 Å². The van der Waals surface area contributed by atoms with Gasteiger partial charge in [0.2, 0.25) is 0 Å². The summed E-state index contributed by atoms with van der Waals surface area (Å²) < 4.78 is 0. The van der Waals surface area contributed by atoms with Gasteiger partial charge in [-0.2, -0.15) is 0 Å². The lowest BCUT2D eigenvalue weighted by atomic mass is 9.70. The van der Waals surface area contributed by atoms with Crippen LogP contribution in [0.2, 0.25) is 0 Å².